The van der Waals surface area contributed by atoms with Crippen molar-refractivity contribution >= 4 is 16.9 Å². The molecule has 1 N–H and O–H groups in total. The maximum atomic E-state index is 12.7. The van der Waals surface area contributed by atoms with E-state index in [-0.39, 0.29) is 11.9 Å². The van der Waals surface area contributed by atoms with Gasteiger partial charge in [0.05, 0.1) is 5.52 Å². The molecule has 0 bridgehead atoms. The molecule has 0 radical (unpaired) electrons. The van der Waals surface area contributed by atoms with Gasteiger partial charge in [0.2, 0.25) is 5.82 Å². The van der Waals surface area contributed by atoms with Gasteiger partial charge in [0.15, 0.2) is 0 Å². The normalized spacial score (nSPS) is 16.7. The zero-order valence-electron chi connectivity index (χ0n) is 14.7. The number of aromatic nitrogens is 2. The average Bonchev–Trinajstić information content (AvgIpc) is 2.95. The lowest BCUT2D eigenvalue weighted by Crippen LogP contribution is -2.47. The molecule has 2 heterocycles. The molecule has 1 aromatic heterocycles. The second kappa shape index (κ2) is 7.21. The van der Waals surface area contributed by atoms with E-state index in [0.29, 0.717) is 18.5 Å². The predicted molar refractivity (Wildman–Crippen MR) is 94.1 cm³/mol. The summed E-state index contributed by atoms with van der Waals surface area (Å²) >= 11 is 0. The van der Waals surface area contributed by atoms with Crippen molar-refractivity contribution in [3.8, 4) is 0 Å². The number of amides is 1. The molecule has 1 aromatic carbocycles. The highest BCUT2D eigenvalue weighted by Gasteiger charge is 2.25. The van der Waals surface area contributed by atoms with E-state index in [1.165, 1.54) is 0 Å². The van der Waals surface area contributed by atoms with E-state index in [1.807, 2.05) is 31.2 Å². The third kappa shape index (κ3) is 3.38. The number of likely N-dealkylation sites (tertiary alicyclic amines) is 1. The number of nitrogens with one attached hydrogen (secondary N) is 1. The first-order valence-corrected chi connectivity index (χ1v) is 8.75. The van der Waals surface area contributed by atoms with Crippen LogP contribution in [-0.4, -0.2) is 52.3 Å². The topological polar surface area (TPSA) is 59.4 Å². The third-order valence-corrected chi connectivity index (χ3v) is 4.58. The summed E-state index contributed by atoms with van der Waals surface area (Å²) in [7, 11) is 0. The average molecular weight is 330 g/mol. The van der Waals surface area contributed by atoms with Crippen molar-refractivity contribution in [1.82, 2.24) is 19.9 Å². The molecule has 1 saturated heterocycles. The molecule has 0 spiro atoms. The minimum absolute atomic E-state index is 0.164. The number of piperidine rings is 1. The van der Waals surface area contributed by atoms with Gasteiger partial charge in [-0.05, 0) is 45.7 Å². The summed E-state index contributed by atoms with van der Waals surface area (Å²) in [5.41, 5.74) is 1.59. The highest BCUT2D eigenvalue weighted by molar-refractivity contribution is 5.94. The Morgan fingerprint density at radius 2 is 2.04 bits per heavy atom. The largest absolute Gasteiger partial charge is 0.412 e. The van der Waals surface area contributed by atoms with Crippen molar-refractivity contribution in [1.29, 1.82) is 0 Å². The van der Waals surface area contributed by atoms with Crippen molar-refractivity contribution in [3.63, 3.8) is 0 Å². The summed E-state index contributed by atoms with van der Waals surface area (Å²) in [5.74, 6) is 0.159. The van der Waals surface area contributed by atoms with Gasteiger partial charge in [-0.25, -0.2) is 4.98 Å². The van der Waals surface area contributed by atoms with Crippen LogP contribution in [0, 0.1) is 0 Å². The van der Waals surface area contributed by atoms with Gasteiger partial charge in [-0.1, -0.05) is 12.1 Å². The molecule has 1 fully saturated rings. The number of carbonyl (C=O) groups is 1. The molecule has 2 aromatic rings. The van der Waals surface area contributed by atoms with Gasteiger partial charge in [-0.2, -0.15) is 4.73 Å². The number of benzene rings is 1. The first-order chi connectivity index (χ1) is 11.6. The number of hydrogen-bond donors (Lipinski definition) is 1. The lowest BCUT2D eigenvalue weighted by molar-refractivity contribution is 0.0808. The molecule has 1 amide bonds. The van der Waals surface area contributed by atoms with E-state index < -0.39 is 0 Å². The van der Waals surface area contributed by atoms with Gasteiger partial charge < -0.3 is 15.1 Å². The van der Waals surface area contributed by atoms with E-state index in [2.05, 4.69) is 29.0 Å². The molecular formula is C18H26N4O2. The Balaban J connectivity index is 1.73. The van der Waals surface area contributed by atoms with Gasteiger partial charge in [0.1, 0.15) is 12.1 Å². The summed E-state index contributed by atoms with van der Waals surface area (Å²) in [5, 5.41) is 3.13. The second-order valence-electron chi connectivity index (χ2n) is 6.51. The zero-order valence-corrected chi connectivity index (χ0v) is 14.7. The molecule has 1 aliphatic heterocycles. The Kier molecular flexibility index (Phi) is 5.04. The maximum Gasteiger partial charge on any atom is 0.290 e. The number of fused-ring (bicyclic) bond motifs is 1. The van der Waals surface area contributed by atoms with Crippen molar-refractivity contribution in [2.45, 2.75) is 45.7 Å². The molecule has 130 valence electrons. The molecule has 0 aliphatic carbocycles. The van der Waals surface area contributed by atoms with Gasteiger partial charge in [-0.15, -0.1) is 0 Å². The van der Waals surface area contributed by atoms with Gasteiger partial charge >= 0.3 is 0 Å². The monoisotopic (exact) mass is 330 g/mol. The van der Waals surface area contributed by atoms with Crippen LogP contribution in [0.2, 0.25) is 0 Å². The second-order valence-corrected chi connectivity index (χ2v) is 6.51. The Hall–Kier alpha value is -2.08. The van der Waals surface area contributed by atoms with Gasteiger partial charge in [-0.3, -0.25) is 4.79 Å². The number of para-hydroxylation sites is 2. The van der Waals surface area contributed by atoms with Gasteiger partial charge in [0, 0.05) is 25.2 Å². The Bertz CT molecular complexity index is 702. The number of hydrogen-bond acceptors (Lipinski definition) is 4. The van der Waals surface area contributed by atoms with E-state index in [4.69, 9.17) is 4.84 Å². The van der Waals surface area contributed by atoms with E-state index >= 15 is 0 Å². The van der Waals surface area contributed by atoms with Crippen LogP contribution in [0.4, 0.5) is 0 Å². The standard InChI is InChI=1S/C18H26N4O2/c1-4-24-22-16-8-6-5-7-15(16)20-17(22)18(23)19-14-9-11-21(12-10-14)13(2)3/h5-8,13-14H,4,9-12H2,1-3H3,(H,19,23). The summed E-state index contributed by atoms with van der Waals surface area (Å²) in [6, 6.07) is 8.39. The fourth-order valence-corrected chi connectivity index (χ4v) is 3.22. The SMILES string of the molecule is CCOn1c(C(=O)NC2CCN(C(C)C)CC2)nc2ccccc21. The maximum absolute atomic E-state index is 12.7. The van der Waals surface area contributed by atoms with E-state index in [0.717, 1.165) is 37.0 Å². The number of carbonyl (C=O) groups excluding carboxylic acids is 1. The summed E-state index contributed by atoms with van der Waals surface area (Å²) in [4.78, 5) is 25.2. The quantitative estimate of drug-likeness (QED) is 0.912. The summed E-state index contributed by atoms with van der Waals surface area (Å²) in [6.07, 6.45) is 1.94. The molecular weight excluding hydrogens is 304 g/mol. The van der Waals surface area contributed by atoms with E-state index in [1.54, 1.807) is 4.73 Å². The van der Waals surface area contributed by atoms with Crippen LogP contribution >= 0.6 is 0 Å². The van der Waals surface area contributed by atoms with Crippen LogP contribution < -0.4 is 10.2 Å². The highest BCUT2D eigenvalue weighted by atomic mass is 16.7. The first-order valence-electron chi connectivity index (χ1n) is 8.75. The zero-order chi connectivity index (χ0) is 17.1. The number of nitrogens with zero attached hydrogens (tertiary/aromatic N) is 3. The molecule has 0 atom stereocenters. The molecule has 1 aliphatic rings. The number of rotatable bonds is 5. The summed E-state index contributed by atoms with van der Waals surface area (Å²) in [6.45, 7) is 8.84. The summed E-state index contributed by atoms with van der Waals surface area (Å²) < 4.78 is 1.55. The molecule has 0 unspecified atom stereocenters. The minimum atomic E-state index is -0.164. The highest BCUT2D eigenvalue weighted by Crippen LogP contribution is 2.17. The molecule has 6 nitrogen and oxygen atoms in total. The lowest BCUT2D eigenvalue weighted by atomic mass is 10.0. The molecule has 3 rings (SSSR count). The molecule has 0 saturated carbocycles. The van der Waals surface area contributed by atoms with Gasteiger partial charge in [0.25, 0.3) is 5.91 Å². The minimum Gasteiger partial charge on any atom is -0.412 e. The molecule has 6 heteroatoms. The third-order valence-electron chi connectivity index (χ3n) is 4.58. The van der Waals surface area contributed by atoms with Crippen LogP contribution in [0.3, 0.4) is 0 Å². The Labute approximate surface area is 142 Å². The van der Waals surface area contributed by atoms with Crippen LogP contribution in [0.25, 0.3) is 11.0 Å². The Morgan fingerprint density at radius 3 is 2.71 bits per heavy atom. The van der Waals surface area contributed by atoms with Crippen LogP contribution in [0.15, 0.2) is 24.3 Å². The van der Waals surface area contributed by atoms with Crippen molar-refractivity contribution in [3.05, 3.63) is 30.1 Å². The Morgan fingerprint density at radius 1 is 1.33 bits per heavy atom. The first kappa shape index (κ1) is 16.8. The van der Waals surface area contributed by atoms with E-state index in [9.17, 15) is 4.79 Å². The fourth-order valence-electron chi connectivity index (χ4n) is 3.22. The fraction of sp³-hybridized carbons (Fsp3) is 0.556. The van der Waals surface area contributed by atoms with Crippen LogP contribution in [0.1, 0.15) is 44.2 Å². The number of imidazole rings is 1. The van der Waals surface area contributed by atoms with Crippen LogP contribution in [-0.2, 0) is 0 Å². The van der Waals surface area contributed by atoms with Crippen LogP contribution in [0.5, 0.6) is 0 Å². The molecule has 24 heavy (non-hydrogen) atoms. The van der Waals surface area contributed by atoms with Crippen molar-refractivity contribution in [2.75, 3.05) is 19.7 Å². The van der Waals surface area contributed by atoms with Crippen molar-refractivity contribution < 1.29 is 9.63 Å². The predicted octanol–water partition coefficient (Wildman–Crippen LogP) is 2.09. The smallest absolute Gasteiger partial charge is 0.290 e. The van der Waals surface area contributed by atoms with Crippen molar-refractivity contribution in [2.24, 2.45) is 0 Å². The lowest BCUT2D eigenvalue weighted by Gasteiger charge is -2.34.